The summed E-state index contributed by atoms with van der Waals surface area (Å²) in [7, 11) is 0. The second-order valence-corrected chi connectivity index (χ2v) is 18.9. The Morgan fingerprint density at radius 1 is 0.405 bits per heavy atom. The molecule has 0 aliphatic heterocycles. The van der Waals surface area contributed by atoms with Crippen LogP contribution >= 0.6 is 113 Å². The van der Waals surface area contributed by atoms with Gasteiger partial charge in [-0.3, -0.25) is 0 Å². The summed E-state index contributed by atoms with van der Waals surface area (Å²) in [4.78, 5) is 38.0. The quantitative estimate of drug-likeness (QED) is 0.181. The number of fused-ring (bicyclic) bond motifs is 11. The molecule has 10 aromatic heterocycles. The standard InChI is InChI=1S/C26H6N6S10/c1-7-13-14(36-9-3-12(39-17(9)13)20-32-26-23(42-20)29-6-35-26)8-2-11(19-31-25-22(41-19)28-5-34-25)38-16(8)15(7)37-10(1)18-30-24-21(40-18)27-4-33-24/h1-6H. The Hall–Kier alpha value is -2.38. The van der Waals surface area contributed by atoms with Crippen LogP contribution in [0.25, 0.3) is 98.3 Å². The van der Waals surface area contributed by atoms with Gasteiger partial charge in [0, 0.05) is 25.6 Å². The second kappa shape index (κ2) is 8.62. The Morgan fingerprint density at radius 3 is 1.43 bits per heavy atom. The zero-order valence-electron chi connectivity index (χ0n) is 20.2. The largest absolute Gasteiger partial charge is 0.232 e. The lowest BCUT2D eigenvalue weighted by atomic mass is 10.1. The van der Waals surface area contributed by atoms with E-state index in [1.807, 2.05) is 61.9 Å². The van der Waals surface area contributed by atoms with Crippen LogP contribution in [0.5, 0.6) is 0 Å². The molecular weight excluding hydrogens is 717 g/mol. The molecule has 0 bridgehead atoms. The number of rotatable bonds is 3. The molecule has 0 aliphatic carbocycles. The van der Waals surface area contributed by atoms with E-state index in [0.29, 0.717) is 0 Å². The van der Waals surface area contributed by atoms with Gasteiger partial charge in [0.05, 0.1) is 45.3 Å². The van der Waals surface area contributed by atoms with Gasteiger partial charge in [-0.1, -0.05) is 34.0 Å². The van der Waals surface area contributed by atoms with Crippen LogP contribution < -0.4 is 0 Å². The van der Waals surface area contributed by atoms with Gasteiger partial charge >= 0.3 is 0 Å². The van der Waals surface area contributed by atoms with E-state index in [-0.39, 0.29) is 0 Å². The maximum absolute atomic E-state index is 4.95. The third-order valence-corrected chi connectivity index (χ3v) is 17.7. The third-order valence-electron chi connectivity index (χ3n) is 6.92. The Bertz CT molecular complexity index is 2750. The van der Waals surface area contributed by atoms with Crippen molar-refractivity contribution in [2.45, 2.75) is 0 Å². The molecule has 0 spiro atoms. The molecule has 0 saturated heterocycles. The van der Waals surface area contributed by atoms with Gasteiger partial charge in [0.25, 0.3) is 0 Å². The van der Waals surface area contributed by atoms with E-state index in [1.165, 1.54) is 54.3 Å². The highest BCUT2D eigenvalue weighted by Gasteiger charge is 2.24. The van der Waals surface area contributed by atoms with E-state index in [2.05, 4.69) is 33.2 Å². The molecule has 16 heteroatoms. The summed E-state index contributed by atoms with van der Waals surface area (Å²) in [5.74, 6) is 0. The van der Waals surface area contributed by atoms with E-state index < -0.39 is 0 Å². The predicted molar refractivity (Wildman–Crippen MR) is 191 cm³/mol. The minimum atomic E-state index is 1.01. The summed E-state index contributed by atoms with van der Waals surface area (Å²) in [5, 5.41) is 7.11. The van der Waals surface area contributed by atoms with E-state index in [4.69, 9.17) is 15.0 Å². The summed E-state index contributed by atoms with van der Waals surface area (Å²) in [6.45, 7) is 0. The Morgan fingerprint density at radius 2 is 0.881 bits per heavy atom. The number of aromatic nitrogens is 6. The first-order valence-corrected chi connectivity index (χ1v) is 20.6. The number of thiazole rings is 6. The smallest absolute Gasteiger partial charge is 0.155 e. The SMILES string of the molecule is c1nc2sc(-c3cc4c(s3)c3sc(-c5nc6scnc6s5)cc3c3c5sc(-c6nc7scnc7s6)cc5sc43)nc2s1. The third kappa shape index (κ3) is 3.30. The number of nitrogens with zero attached hydrogens (tertiary/aromatic N) is 6. The summed E-state index contributed by atoms with van der Waals surface area (Å²) in [6, 6.07) is 7.04. The topological polar surface area (TPSA) is 77.3 Å². The van der Waals surface area contributed by atoms with Crippen LogP contribution in [0.4, 0.5) is 0 Å². The predicted octanol–water partition coefficient (Wildman–Crippen LogP) is 11.7. The van der Waals surface area contributed by atoms with Gasteiger partial charge in [0.15, 0.2) is 29.0 Å². The molecular formula is C26H6N6S10. The van der Waals surface area contributed by atoms with Crippen molar-refractivity contribution in [3.05, 3.63) is 34.7 Å². The highest BCUT2D eigenvalue weighted by atomic mass is 32.1. The fraction of sp³-hybridized carbons (Fsp3) is 0. The van der Waals surface area contributed by atoms with Crippen LogP contribution in [0.3, 0.4) is 0 Å². The van der Waals surface area contributed by atoms with Crippen LogP contribution in [0.2, 0.25) is 0 Å². The van der Waals surface area contributed by atoms with Crippen molar-refractivity contribution in [3.63, 3.8) is 0 Å². The molecule has 200 valence electrons. The summed E-state index contributed by atoms with van der Waals surface area (Å²) in [5.41, 5.74) is 5.62. The van der Waals surface area contributed by atoms with Crippen LogP contribution in [0.1, 0.15) is 0 Å². The number of benzene rings is 1. The normalized spacial score (nSPS) is 12.8. The van der Waals surface area contributed by atoms with Gasteiger partial charge in [0.1, 0.15) is 15.0 Å². The van der Waals surface area contributed by atoms with Crippen molar-refractivity contribution in [3.8, 4) is 29.7 Å². The van der Waals surface area contributed by atoms with E-state index >= 15 is 0 Å². The molecule has 0 saturated carbocycles. The molecule has 0 aliphatic rings. The van der Waals surface area contributed by atoms with Gasteiger partial charge in [0.2, 0.25) is 0 Å². The molecule has 0 amide bonds. The van der Waals surface area contributed by atoms with E-state index in [0.717, 1.165) is 44.0 Å². The fourth-order valence-electron chi connectivity index (χ4n) is 5.17. The lowest BCUT2D eigenvalue weighted by molar-refractivity contribution is 1.51. The molecule has 0 fully saturated rings. The second-order valence-electron chi connectivity index (χ2n) is 9.26. The average Bonchev–Trinajstić information content (AvgIpc) is 3.76. The molecule has 42 heavy (non-hydrogen) atoms. The van der Waals surface area contributed by atoms with Crippen molar-refractivity contribution in [1.29, 1.82) is 0 Å². The monoisotopic (exact) mass is 722 g/mol. The van der Waals surface area contributed by atoms with Gasteiger partial charge < -0.3 is 0 Å². The molecule has 0 unspecified atom stereocenters. The first kappa shape index (κ1) is 24.0. The summed E-state index contributed by atoms with van der Waals surface area (Å²) in [6.07, 6.45) is 0. The zero-order valence-corrected chi connectivity index (χ0v) is 28.4. The first-order chi connectivity index (χ1) is 20.7. The van der Waals surface area contributed by atoms with Gasteiger partial charge in [-0.15, -0.1) is 79.4 Å². The molecule has 0 atom stereocenters. The van der Waals surface area contributed by atoms with Crippen molar-refractivity contribution >= 4 is 182 Å². The minimum absolute atomic E-state index is 1.01. The zero-order chi connectivity index (χ0) is 27.1. The fourth-order valence-corrected chi connectivity index (χ4v) is 15.8. The van der Waals surface area contributed by atoms with Crippen LogP contribution in [-0.2, 0) is 0 Å². The Kier molecular flexibility index (Phi) is 4.93. The summed E-state index contributed by atoms with van der Waals surface area (Å²) < 4.78 is 6.63. The number of thiophene rings is 4. The highest BCUT2D eigenvalue weighted by molar-refractivity contribution is 7.38. The van der Waals surface area contributed by atoms with Gasteiger partial charge in [-0.25, -0.2) is 29.9 Å². The molecule has 0 N–H and O–H groups in total. The maximum atomic E-state index is 4.95. The summed E-state index contributed by atoms with van der Waals surface area (Å²) >= 11 is 17.3. The molecule has 0 radical (unpaired) electrons. The number of hydrogen-bond donors (Lipinski definition) is 0. The Labute approximate surface area is 273 Å². The Balaban J connectivity index is 1.21. The molecule has 6 nitrogen and oxygen atoms in total. The van der Waals surface area contributed by atoms with Crippen molar-refractivity contribution in [1.82, 2.24) is 29.9 Å². The van der Waals surface area contributed by atoms with E-state index in [1.54, 1.807) is 68.0 Å². The maximum Gasteiger partial charge on any atom is 0.155 e. The van der Waals surface area contributed by atoms with Gasteiger partial charge in [-0.05, 0) is 18.2 Å². The highest BCUT2D eigenvalue weighted by Crippen LogP contribution is 2.54. The average molecular weight is 723 g/mol. The molecule has 1 aromatic carbocycles. The van der Waals surface area contributed by atoms with Gasteiger partial charge in [-0.2, -0.15) is 0 Å². The molecule has 11 rings (SSSR count). The molecule has 11 aromatic rings. The first-order valence-electron chi connectivity index (χ1n) is 12.2. The van der Waals surface area contributed by atoms with Crippen LogP contribution in [0, 0.1) is 0 Å². The van der Waals surface area contributed by atoms with Crippen LogP contribution in [-0.4, -0.2) is 29.9 Å². The van der Waals surface area contributed by atoms with E-state index in [9.17, 15) is 0 Å². The molecule has 10 heterocycles. The van der Waals surface area contributed by atoms with Crippen molar-refractivity contribution < 1.29 is 0 Å². The van der Waals surface area contributed by atoms with Crippen LogP contribution in [0.15, 0.2) is 34.7 Å². The van der Waals surface area contributed by atoms with Crippen molar-refractivity contribution in [2.75, 3.05) is 0 Å². The number of hydrogen-bond acceptors (Lipinski definition) is 16. The van der Waals surface area contributed by atoms with Crippen molar-refractivity contribution in [2.24, 2.45) is 0 Å². The minimum Gasteiger partial charge on any atom is -0.232 e. The lowest BCUT2D eigenvalue weighted by Gasteiger charge is -1.97. The lowest BCUT2D eigenvalue weighted by Crippen LogP contribution is -1.69.